The fourth-order valence-corrected chi connectivity index (χ4v) is 2.07. The molecule has 3 nitrogen and oxygen atoms in total. The van der Waals surface area contributed by atoms with Crippen molar-refractivity contribution in [3.05, 3.63) is 0 Å². The van der Waals surface area contributed by atoms with Crippen LogP contribution in [0.3, 0.4) is 0 Å². The highest BCUT2D eigenvalue weighted by Gasteiger charge is 2.31. The maximum atomic E-state index is 12.0. The molecule has 0 unspecified atom stereocenters. The van der Waals surface area contributed by atoms with Crippen LogP contribution >= 0.6 is 0 Å². The van der Waals surface area contributed by atoms with Crippen LogP contribution in [0.2, 0.25) is 0 Å². The van der Waals surface area contributed by atoms with Gasteiger partial charge in [-0.3, -0.25) is 4.79 Å². The number of rotatable bonds is 2. The average Bonchev–Trinajstić information content (AvgIpc) is 2.16. The first-order valence-electron chi connectivity index (χ1n) is 6.24. The first-order valence-corrected chi connectivity index (χ1v) is 6.24. The lowest BCUT2D eigenvalue weighted by Gasteiger charge is -2.39. The van der Waals surface area contributed by atoms with Gasteiger partial charge in [0.05, 0.1) is 0 Å². The molecule has 0 aromatic rings. The van der Waals surface area contributed by atoms with E-state index in [9.17, 15) is 4.79 Å². The Bertz CT molecular complexity index is 247. The van der Waals surface area contributed by atoms with Gasteiger partial charge in [-0.2, -0.15) is 0 Å². The standard InChI is InChI=1S/C13H26N2O/c1-12(2,3)9-11(16)15-7-5-13(4,10-14)6-8-15/h5-10,14H2,1-4H3. The van der Waals surface area contributed by atoms with Gasteiger partial charge in [-0.15, -0.1) is 0 Å². The SMILES string of the molecule is CC(C)(C)CC(=O)N1CCC(C)(CN)CC1. The Kier molecular flexibility index (Phi) is 4.00. The zero-order valence-electron chi connectivity index (χ0n) is 11.2. The predicted molar refractivity (Wildman–Crippen MR) is 67.0 cm³/mol. The Balaban J connectivity index is 2.45. The Labute approximate surface area is 99.4 Å². The van der Waals surface area contributed by atoms with Crippen molar-refractivity contribution >= 4 is 5.91 Å². The zero-order chi connectivity index (χ0) is 12.4. The summed E-state index contributed by atoms with van der Waals surface area (Å²) in [5.41, 5.74) is 6.09. The molecular weight excluding hydrogens is 200 g/mol. The van der Waals surface area contributed by atoms with Crippen LogP contribution in [-0.2, 0) is 4.79 Å². The molecule has 94 valence electrons. The lowest BCUT2D eigenvalue weighted by molar-refractivity contribution is -0.135. The van der Waals surface area contributed by atoms with E-state index in [4.69, 9.17) is 5.73 Å². The molecule has 2 N–H and O–H groups in total. The van der Waals surface area contributed by atoms with Crippen molar-refractivity contribution in [2.24, 2.45) is 16.6 Å². The van der Waals surface area contributed by atoms with E-state index in [-0.39, 0.29) is 10.8 Å². The first kappa shape index (κ1) is 13.5. The molecule has 0 radical (unpaired) electrons. The molecule has 0 saturated carbocycles. The maximum Gasteiger partial charge on any atom is 0.223 e. The number of hydrogen-bond acceptors (Lipinski definition) is 2. The highest BCUT2D eigenvalue weighted by Crippen LogP contribution is 2.30. The minimum atomic E-state index is 0.0890. The summed E-state index contributed by atoms with van der Waals surface area (Å²) in [6.07, 6.45) is 2.73. The van der Waals surface area contributed by atoms with E-state index in [0.29, 0.717) is 12.3 Å². The second kappa shape index (κ2) is 4.74. The average molecular weight is 226 g/mol. The van der Waals surface area contributed by atoms with Gasteiger partial charge in [0, 0.05) is 19.5 Å². The van der Waals surface area contributed by atoms with Crippen LogP contribution in [0.25, 0.3) is 0 Å². The van der Waals surface area contributed by atoms with E-state index in [0.717, 1.165) is 32.5 Å². The Morgan fingerprint density at radius 2 is 1.81 bits per heavy atom. The van der Waals surface area contributed by atoms with Gasteiger partial charge in [0.1, 0.15) is 0 Å². The van der Waals surface area contributed by atoms with E-state index in [1.165, 1.54) is 0 Å². The highest BCUT2D eigenvalue weighted by atomic mass is 16.2. The minimum absolute atomic E-state index is 0.0890. The minimum Gasteiger partial charge on any atom is -0.343 e. The van der Waals surface area contributed by atoms with Gasteiger partial charge in [0.25, 0.3) is 0 Å². The number of hydrogen-bond donors (Lipinski definition) is 1. The van der Waals surface area contributed by atoms with Crippen LogP contribution in [0.4, 0.5) is 0 Å². The maximum absolute atomic E-state index is 12.0. The predicted octanol–water partition coefficient (Wildman–Crippen LogP) is 2.01. The molecular formula is C13H26N2O. The second-order valence-electron chi connectivity index (χ2n) is 6.63. The van der Waals surface area contributed by atoms with Gasteiger partial charge < -0.3 is 10.6 Å². The van der Waals surface area contributed by atoms with E-state index in [1.807, 2.05) is 4.90 Å². The van der Waals surface area contributed by atoms with Crippen molar-refractivity contribution in [3.8, 4) is 0 Å². The molecule has 1 rings (SSSR count). The molecule has 1 amide bonds. The summed E-state index contributed by atoms with van der Waals surface area (Å²) in [6.45, 7) is 11.0. The number of nitrogens with two attached hydrogens (primary N) is 1. The molecule has 16 heavy (non-hydrogen) atoms. The largest absolute Gasteiger partial charge is 0.343 e. The molecule has 0 aromatic heterocycles. The van der Waals surface area contributed by atoms with Crippen molar-refractivity contribution < 1.29 is 4.79 Å². The molecule has 1 aliphatic rings. The third-order valence-electron chi connectivity index (χ3n) is 3.50. The van der Waals surface area contributed by atoms with Crippen LogP contribution in [0.15, 0.2) is 0 Å². The molecule has 0 spiro atoms. The topological polar surface area (TPSA) is 46.3 Å². The third kappa shape index (κ3) is 3.78. The molecule has 0 atom stereocenters. The van der Waals surface area contributed by atoms with Crippen LogP contribution in [0.5, 0.6) is 0 Å². The molecule has 0 aliphatic carbocycles. The van der Waals surface area contributed by atoms with Gasteiger partial charge in [-0.25, -0.2) is 0 Å². The second-order valence-corrected chi connectivity index (χ2v) is 6.63. The summed E-state index contributed by atoms with van der Waals surface area (Å²) in [4.78, 5) is 14.0. The summed E-state index contributed by atoms with van der Waals surface area (Å²) in [5.74, 6) is 0.298. The molecule has 1 heterocycles. The quantitative estimate of drug-likeness (QED) is 0.783. The molecule has 1 aliphatic heterocycles. The third-order valence-corrected chi connectivity index (χ3v) is 3.50. The summed E-state index contributed by atoms with van der Waals surface area (Å²) in [5, 5.41) is 0. The van der Waals surface area contributed by atoms with Crippen molar-refractivity contribution in [2.75, 3.05) is 19.6 Å². The first-order chi connectivity index (χ1) is 7.26. The monoisotopic (exact) mass is 226 g/mol. The van der Waals surface area contributed by atoms with Gasteiger partial charge >= 0.3 is 0 Å². The van der Waals surface area contributed by atoms with E-state index in [2.05, 4.69) is 27.7 Å². The van der Waals surface area contributed by atoms with Gasteiger partial charge in [-0.1, -0.05) is 27.7 Å². The smallest absolute Gasteiger partial charge is 0.223 e. The Hall–Kier alpha value is -0.570. The molecule has 0 aromatic carbocycles. The number of carbonyl (C=O) groups is 1. The Morgan fingerprint density at radius 1 is 1.31 bits per heavy atom. The lowest BCUT2D eigenvalue weighted by Crippen LogP contribution is -2.45. The lowest BCUT2D eigenvalue weighted by atomic mass is 9.80. The molecule has 1 fully saturated rings. The number of likely N-dealkylation sites (tertiary alicyclic amines) is 1. The van der Waals surface area contributed by atoms with Crippen LogP contribution < -0.4 is 5.73 Å². The summed E-state index contributed by atoms with van der Waals surface area (Å²) in [7, 11) is 0. The highest BCUT2D eigenvalue weighted by molar-refractivity contribution is 5.76. The fourth-order valence-electron chi connectivity index (χ4n) is 2.07. The van der Waals surface area contributed by atoms with Crippen molar-refractivity contribution in [2.45, 2.75) is 47.0 Å². The normalized spacial score (nSPS) is 20.9. The van der Waals surface area contributed by atoms with Gasteiger partial charge in [-0.05, 0) is 30.2 Å². The number of carbonyl (C=O) groups excluding carboxylic acids is 1. The Morgan fingerprint density at radius 3 is 2.19 bits per heavy atom. The van der Waals surface area contributed by atoms with Crippen LogP contribution in [0, 0.1) is 10.8 Å². The molecule has 0 bridgehead atoms. The van der Waals surface area contributed by atoms with Gasteiger partial charge in [0.2, 0.25) is 5.91 Å². The fraction of sp³-hybridized carbons (Fsp3) is 0.923. The number of piperidine rings is 1. The van der Waals surface area contributed by atoms with Crippen LogP contribution in [-0.4, -0.2) is 30.4 Å². The number of amides is 1. The van der Waals surface area contributed by atoms with E-state index < -0.39 is 0 Å². The summed E-state index contributed by atoms with van der Waals surface area (Å²) in [6, 6.07) is 0. The van der Waals surface area contributed by atoms with Crippen molar-refractivity contribution in [1.29, 1.82) is 0 Å². The summed E-state index contributed by atoms with van der Waals surface area (Å²) >= 11 is 0. The summed E-state index contributed by atoms with van der Waals surface area (Å²) < 4.78 is 0. The van der Waals surface area contributed by atoms with Crippen molar-refractivity contribution in [1.82, 2.24) is 4.90 Å². The van der Waals surface area contributed by atoms with E-state index >= 15 is 0 Å². The number of nitrogens with zero attached hydrogens (tertiary/aromatic N) is 1. The molecule has 1 saturated heterocycles. The van der Waals surface area contributed by atoms with Crippen LogP contribution in [0.1, 0.15) is 47.0 Å². The molecule has 3 heteroatoms. The van der Waals surface area contributed by atoms with Gasteiger partial charge in [0.15, 0.2) is 0 Å². The van der Waals surface area contributed by atoms with E-state index in [1.54, 1.807) is 0 Å². The van der Waals surface area contributed by atoms with Crippen molar-refractivity contribution in [3.63, 3.8) is 0 Å². The zero-order valence-corrected chi connectivity index (χ0v) is 11.2.